The van der Waals surface area contributed by atoms with Crippen molar-refractivity contribution in [3.05, 3.63) is 29.8 Å². The van der Waals surface area contributed by atoms with Crippen LogP contribution in [-0.2, 0) is 11.3 Å². The Balaban J connectivity index is 1.47. The molecule has 0 N–H and O–H groups in total. The molecular formula is C18H29NO2. The minimum atomic E-state index is 0.684. The van der Waals surface area contributed by atoms with Crippen molar-refractivity contribution in [3.63, 3.8) is 0 Å². The lowest BCUT2D eigenvalue weighted by atomic mass is 10.1. The van der Waals surface area contributed by atoms with E-state index in [4.69, 9.17) is 9.47 Å². The molecule has 1 aliphatic heterocycles. The molecule has 0 radical (unpaired) electrons. The summed E-state index contributed by atoms with van der Waals surface area (Å²) in [6, 6.07) is 8.09. The normalized spacial score (nSPS) is 16.0. The van der Waals surface area contributed by atoms with E-state index in [0.29, 0.717) is 6.61 Å². The highest BCUT2D eigenvalue weighted by atomic mass is 16.5. The van der Waals surface area contributed by atoms with E-state index in [-0.39, 0.29) is 0 Å². The van der Waals surface area contributed by atoms with Gasteiger partial charge in [-0.05, 0) is 69.4 Å². The summed E-state index contributed by atoms with van der Waals surface area (Å²) in [6.07, 6.45) is 7.96. The third-order valence-electron chi connectivity index (χ3n) is 4.11. The molecule has 1 aliphatic rings. The number of likely N-dealkylation sites (tertiary alicyclic amines) is 1. The number of unbranched alkanes of at least 4 members (excludes halogenated alkanes) is 2. The van der Waals surface area contributed by atoms with E-state index < -0.39 is 0 Å². The van der Waals surface area contributed by atoms with Gasteiger partial charge in [0.2, 0.25) is 0 Å². The molecule has 1 heterocycles. The van der Waals surface area contributed by atoms with Gasteiger partial charge in [-0.2, -0.15) is 0 Å². The van der Waals surface area contributed by atoms with E-state index in [1.807, 2.05) is 18.2 Å². The zero-order valence-electron chi connectivity index (χ0n) is 13.4. The van der Waals surface area contributed by atoms with Crippen LogP contribution >= 0.6 is 0 Å². The Morgan fingerprint density at radius 1 is 1.05 bits per heavy atom. The van der Waals surface area contributed by atoms with Crippen molar-refractivity contribution in [1.82, 2.24) is 4.90 Å². The zero-order valence-corrected chi connectivity index (χ0v) is 13.4. The van der Waals surface area contributed by atoms with E-state index in [2.05, 4.69) is 11.0 Å². The van der Waals surface area contributed by atoms with Crippen LogP contribution in [0.3, 0.4) is 0 Å². The monoisotopic (exact) mass is 291 g/mol. The fourth-order valence-corrected chi connectivity index (χ4v) is 2.85. The van der Waals surface area contributed by atoms with Crippen LogP contribution in [0, 0.1) is 0 Å². The third-order valence-corrected chi connectivity index (χ3v) is 4.11. The minimum Gasteiger partial charge on any atom is -0.497 e. The smallest absolute Gasteiger partial charge is 0.119 e. The van der Waals surface area contributed by atoms with Crippen LogP contribution < -0.4 is 4.74 Å². The lowest BCUT2D eigenvalue weighted by Gasteiger charge is -2.26. The quantitative estimate of drug-likeness (QED) is 0.645. The molecule has 1 saturated heterocycles. The summed E-state index contributed by atoms with van der Waals surface area (Å²) in [6.45, 7) is 5.44. The van der Waals surface area contributed by atoms with Crippen LogP contribution in [0.25, 0.3) is 0 Å². The maximum Gasteiger partial charge on any atom is 0.119 e. The minimum absolute atomic E-state index is 0.684. The molecule has 0 saturated carbocycles. The van der Waals surface area contributed by atoms with Gasteiger partial charge in [0, 0.05) is 6.61 Å². The Labute approximate surface area is 129 Å². The molecule has 0 unspecified atom stereocenters. The molecule has 1 aromatic carbocycles. The summed E-state index contributed by atoms with van der Waals surface area (Å²) in [5.41, 5.74) is 1.18. The van der Waals surface area contributed by atoms with Gasteiger partial charge in [-0.3, -0.25) is 0 Å². The van der Waals surface area contributed by atoms with Gasteiger partial charge in [0.15, 0.2) is 0 Å². The maximum absolute atomic E-state index is 5.74. The summed E-state index contributed by atoms with van der Waals surface area (Å²) >= 11 is 0. The summed E-state index contributed by atoms with van der Waals surface area (Å²) < 4.78 is 11.0. The molecule has 0 aromatic heterocycles. The van der Waals surface area contributed by atoms with Gasteiger partial charge in [0.1, 0.15) is 5.75 Å². The summed E-state index contributed by atoms with van der Waals surface area (Å²) in [5.74, 6) is 0.901. The second-order valence-corrected chi connectivity index (χ2v) is 5.87. The molecule has 21 heavy (non-hydrogen) atoms. The summed E-state index contributed by atoms with van der Waals surface area (Å²) in [7, 11) is 1.70. The average Bonchev–Trinajstić information content (AvgIpc) is 2.55. The number of methoxy groups -OCH3 is 1. The van der Waals surface area contributed by atoms with Crippen molar-refractivity contribution in [2.75, 3.05) is 33.4 Å². The molecule has 1 aromatic rings. The molecule has 1 fully saturated rings. The van der Waals surface area contributed by atoms with E-state index in [1.54, 1.807) is 7.11 Å². The number of rotatable bonds is 9. The van der Waals surface area contributed by atoms with Crippen molar-refractivity contribution in [2.45, 2.75) is 45.1 Å². The molecule has 0 atom stereocenters. The van der Waals surface area contributed by atoms with Crippen LogP contribution in [-0.4, -0.2) is 38.3 Å². The van der Waals surface area contributed by atoms with Crippen molar-refractivity contribution < 1.29 is 9.47 Å². The van der Waals surface area contributed by atoms with Crippen molar-refractivity contribution >= 4 is 0 Å². The van der Waals surface area contributed by atoms with Gasteiger partial charge < -0.3 is 14.4 Å². The van der Waals surface area contributed by atoms with Gasteiger partial charge in [-0.25, -0.2) is 0 Å². The Morgan fingerprint density at radius 3 is 2.71 bits per heavy atom. The van der Waals surface area contributed by atoms with Crippen molar-refractivity contribution in [2.24, 2.45) is 0 Å². The summed E-state index contributed by atoms with van der Waals surface area (Å²) in [5, 5.41) is 0. The SMILES string of the molecule is COc1cccc(COCCCCCN2CCCCC2)c1. The zero-order chi connectivity index (χ0) is 14.8. The fraction of sp³-hybridized carbons (Fsp3) is 0.667. The third kappa shape index (κ3) is 6.49. The largest absolute Gasteiger partial charge is 0.497 e. The molecular weight excluding hydrogens is 262 g/mol. The van der Waals surface area contributed by atoms with Gasteiger partial charge >= 0.3 is 0 Å². The lowest BCUT2D eigenvalue weighted by molar-refractivity contribution is 0.115. The Hall–Kier alpha value is -1.06. The van der Waals surface area contributed by atoms with Crippen LogP contribution in [0.15, 0.2) is 24.3 Å². The Kier molecular flexibility index (Phi) is 7.61. The second kappa shape index (κ2) is 9.80. The second-order valence-electron chi connectivity index (χ2n) is 5.87. The number of piperidine rings is 1. The van der Waals surface area contributed by atoms with E-state index in [9.17, 15) is 0 Å². The highest BCUT2D eigenvalue weighted by Gasteiger charge is 2.08. The first-order chi connectivity index (χ1) is 10.4. The summed E-state index contributed by atoms with van der Waals surface area (Å²) in [4.78, 5) is 2.61. The van der Waals surface area contributed by atoms with E-state index >= 15 is 0 Å². The van der Waals surface area contributed by atoms with Gasteiger partial charge in [0.25, 0.3) is 0 Å². The molecule has 0 amide bonds. The first-order valence-corrected chi connectivity index (χ1v) is 8.31. The van der Waals surface area contributed by atoms with Gasteiger partial charge in [-0.15, -0.1) is 0 Å². The number of hydrogen-bond acceptors (Lipinski definition) is 3. The average molecular weight is 291 g/mol. The highest BCUT2D eigenvalue weighted by Crippen LogP contribution is 2.13. The van der Waals surface area contributed by atoms with Crippen LogP contribution in [0.4, 0.5) is 0 Å². The number of ether oxygens (including phenoxy) is 2. The molecule has 3 nitrogen and oxygen atoms in total. The number of benzene rings is 1. The van der Waals surface area contributed by atoms with Crippen LogP contribution in [0.2, 0.25) is 0 Å². The number of nitrogens with zero attached hydrogens (tertiary/aromatic N) is 1. The van der Waals surface area contributed by atoms with Crippen LogP contribution in [0.5, 0.6) is 5.75 Å². The lowest BCUT2D eigenvalue weighted by Crippen LogP contribution is -2.30. The maximum atomic E-state index is 5.74. The predicted molar refractivity (Wildman–Crippen MR) is 86.8 cm³/mol. The topological polar surface area (TPSA) is 21.7 Å². The van der Waals surface area contributed by atoms with Gasteiger partial charge in [0.05, 0.1) is 13.7 Å². The molecule has 3 heteroatoms. The molecule has 0 bridgehead atoms. The predicted octanol–water partition coefficient (Wildman–Crippen LogP) is 3.87. The highest BCUT2D eigenvalue weighted by molar-refractivity contribution is 5.27. The van der Waals surface area contributed by atoms with E-state index in [0.717, 1.165) is 18.8 Å². The number of hydrogen-bond donors (Lipinski definition) is 0. The van der Waals surface area contributed by atoms with Crippen LogP contribution in [0.1, 0.15) is 44.1 Å². The molecule has 2 rings (SSSR count). The Morgan fingerprint density at radius 2 is 1.90 bits per heavy atom. The van der Waals surface area contributed by atoms with Crippen molar-refractivity contribution in [3.8, 4) is 5.75 Å². The first kappa shape index (κ1) is 16.3. The van der Waals surface area contributed by atoms with Crippen molar-refractivity contribution in [1.29, 1.82) is 0 Å². The molecule has 118 valence electrons. The molecule has 0 spiro atoms. The standard InChI is InChI=1S/C18H29NO2/c1-20-18-10-8-9-17(15-18)16-21-14-7-3-6-13-19-11-4-2-5-12-19/h8-10,15H,2-7,11-14,16H2,1H3. The first-order valence-electron chi connectivity index (χ1n) is 8.31. The molecule has 0 aliphatic carbocycles. The van der Waals surface area contributed by atoms with Gasteiger partial charge in [-0.1, -0.05) is 18.6 Å². The fourth-order valence-electron chi connectivity index (χ4n) is 2.85. The Bertz CT molecular complexity index is 389. The van der Waals surface area contributed by atoms with E-state index in [1.165, 1.54) is 57.3 Å².